The number of nitrogens with one attached hydrogen (secondary N) is 3. The fraction of sp³-hybridized carbons (Fsp3) is 0.523. The third-order valence-corrected chi connectivity index (χ3v) is 9.99. The van der Waals surface area contributed by atoms with Gasteiger partial charge < -0.3 is 35.1 Å². The van der Waals surface area contributed by atoms with Crippen LogP contribution in [0.4, 0.5) is 40.7 Å². The van der Waals surface area contributed by atoms with Gasteiger partial charge in [0.05, 0.1) is 0 Å². The van der Waals surface area contributed by atoms with Crippen LogP contribution in [0.25, 0.3) is 0 Å². The number of nitrogens with zero attached hydrogens (tertiary/aromatic N) is 1. The van der Waals surface area contributed by atoms with Crippen molar-refractivity contribution < 1.29 is 54.9 Å². The maximum absolute atomic E-state index is 14.3. The number of benzene rings is 3. The van der Waals surface area contributed by atoms with Gasteiger partial charge in [0.2, 0.25) is 0 Å². The molecule has 3 N–H and O–H groups in total. The van der Waals surface area contributed by atoms with Crippen LogP contribution in [0.3, 0.4) is 0 Å². The molecular formula is C44H56F6N4O6. The van der Waals surface area contributed by atoms with Crippen LogP contribution in [0, 0.1) is 46.7 Å². The van der Waals surface area contributed by atoms with Gasteiger partial charge in [0, 0.05) is 37.3 Å². The highest BCUT2D eigenvalue weighted by Gasteiger charge is 2.33. The topological polar surface area (TPSA) is 118 Å². The number of hydrogen-bond acceptors (Lipinski definition) is 7. The Morgan fingerprint density at radius 3 is 1.50 bits per heavy atom. The van der Waals surface area contributed by atoms with Crippen LogP contribution in [0.5, 0.6) is 0 Å². The Kier molecular flexibility index (Phi) is 17.1. The Hall–Kier alpha value is -4.99. The third-order valence-electron chi connectivity index (χ3n) is 9.99. The standard InChI is InChI=1S/C26H31F3N2O4.C18H25F3N2O2/c1-26(2,3)35-24(32)30-23(14-19-13-21(28)22(29)15-20(19)27)18-9-11-31(12-10-18)25(33)34-16-17-7-5-4-6-8-17;1-18(2,3)25-17(24)23-16(11-4-6-22-7-5-11)9-12-8-14(20)15(21)10-13(12)19/h4-8,13,15,18,23H,9-12,14,16H2,1-3H3,(H,30,32);8,10-11,16,22H,4-7,9H2,1-3H3,(H,23,24)/t23-;16-/m11/s1. The van der Waals surface area contributed by atoms with E-state index in [1.165, 1.54) is 0 Å². The highest BCUT2D eigenvalue weighted by molar-refractivity contribution is 5.69. The molecule has 3 aromatic rings. The molecule has 16 heteroatoms. The molecular weight excluding hydrogens is 794 g/mol. The number of piperidine rings is 2. The van der Waals surface area contributed by atoms with Crippen molar-refractivity contribution in [2.75, 3.05) is 26.2 Å². The summed E-state index contributed by atoms with van der Waals surface area (Å²) in [5, 5.41) is 8.77. The van der Waals surface area contributed by atoms with Crippen molar-refractivity contribution in [3.05, 3.63) is 106 Å². The summed E-state index contributed by atoms with van der Waals surface area (Å²) in [6, 6.07) is 11.0. The molecule has 2 saturated heterocycles. The Bertz CT molecular complexity index is 1890. The van der Waals surface area contributed by atoms with Crippen molar-refractivity contribution in [3.63, 3.8) is 0 Å². The lowest BCUT2D eigenvalue weighted by atomic mass is 9.86. The van der Waals surface area contributed by atoms with E-state index in [0.717, 1.165) is 43.6 Å². The molecule has 0 unspecified atom stereocenters. The second kappa shape index (κ2) is 21.5. The first-order valence-electron chi connectivity index (χ1n) is 20.1. The smallest absolute Gasteiger partial charge is 0.410 e. The van der Waals surface area contributed by atoms with Gasteiger partial charge in [0.1, 0.15) is 29.4 Å². The Labute approximate surface area is 347 Å². The number of alkyl carbamates (subject to hydrolysis) is 2. The Balaban J connectivity index is 0.000000280. The minimum absolute atomic E-state index is 0.0403. The van der Waals surface area contributed by atoms with E-state index in [1.807, 2.05) is 30.3 Å². The van der Waals surface area contributed by atoms with Crippen LogP contribution in [-0.4, -0.2) is 72.6 Å². The molecule has 2 atom stereocenters. The van der Waals surface area contributed by atoms with Crippen LogP contribution < -0.4 is 16.0 Å². The number of amides is 3. The summed E-state index contributed by atoms with van der Waals surface area (Å²) in [6.45, 7) is 12.9. The van der Waals surface area contributed by atoms with Crippen molar-refractivity contribution in [2.24, 2.45) is 11.8 Å². The molecule has 2 aliphatic rings. The van der Waals surface area contributed by atoms with Crippen molar-refractivity contribution in [1.82, 2.24) is 20.9 Å². The zero-order chi connectivity index (χ0) is 44.2. The zero-order valence-corrected chi connectivity index (χ0v) is 34.9. The lowest BCUT2D eigenvalue weighted by Crippen LogP contribution is -2.49. The Morgan fingerprint density at radius 1 is 0.650 bits per heavy atom. The molecule has 2 fully saturated rings. The molecule has 2 aliphatic heterocycles. The molecule has 60 heavy (non-hydrogen) atoms. The molecule has 3 amide bonds. The van der Waals surface area contributed by atoms with Crippen molar-refractivity contribution in [3.8, 4) is 0 Å². The third kappa shape index (κ3) is 15.6. The first kappa shape index (κ1) is 47.7. The van der Waals surface area contributed by atoms with Gasteiger partial charge in [-0.3, -0.25) is 0 Å². The number of hydrogen-bond donors (Lipinski definition) is 3. The van der Waals surface area contributed by atoms with Gasteiger partial charge in [-0.2, -0.15) is 0 Å². The van der Waals surface area contributed by atoms with Gasteiger partial charge >= 0.3 is 18.3 Å². The molecule has 3 aromatic carbocycles. The van der Waals surface area contributed by atoms with E-state index in [4.69, 9.17) is 14.2 Å². The first-order valence-corrected chi connectivity index (χ1v) is 20.1. The summed E-state index contributed by atoms with van der Waals surface area (Å²) in [6.07, 6.45) is 0.915. The average molecular weight is 851 g/mol. The predicted molar refractivity (Wildman–Crippen MR) is 213 cm³/mol. The van der Waals surface area contributed by atoms with Crippen LogP contribution in [0.1, 0.15) is 83.9 Å². The minimum atomic E-state index is -1.27. The molecule has 5 rings (SSSR count). The van der Waals surface area contributed by atoms with E-state index in [0.29, 0.717) is 38.1 Å². The summed E-state index contributed by atoms with van der Waals surface area (Å²) in [7, 11) is 0. The molecule has 10 nitrogen and oxygen atoms in total. The first-order chi connectivity index (χ1) is 28.2. The molecule has 0 saturated carbocycles. The minimum Gasteiger partial charge on any atom is -0.445 e. The van der Waals surface area contributed by atoms with Gasteiger partial charge in [-0.05, 0) is 134 Å². The van der Waals surface area contributed by atoms with Gasteiger partial charge in [-0.1, -0.05) is 30.3 Å². The van der Waals surface area contributed by atoms with Gasteiger partial charge in [-0.25, -0.2) is 40.7 Å². The molecule has 0 spiro atoms. The molecule has 0 radical (unpaired) electrons. The van der Waals surface area contributed by atoms with Gasteiger partial charge in [0.15, 0.2) is 23.3 Å². The maximum Gasteiger partial charge on any atom is 0.410 e. The number of ether oxygens (including phenoxy) is 3. The predicted octanol–water partition coefficient (Wildman–Crippen LogP) is 9.13. The van der Waals surface area contributed by atoms with Crippen molar-refractivity contribution in [2.45, 2.75) is 110 Å². The van der Waals surface area contributed by atoms with Crippen LogP contribution in [0.2, 0.25) is 0 Å². The van der Waals surface area contributed by atoms with Crippen molar-refractivity contribution >= 4 is 18.3 Å². The average Bonchev–Trinajstić information content (AvgIpc) is 3.17. The normalized spacial score (nSPS) is 16.2. The van der Waals surface area contributed by atoms with E-state index in [1.54, 1.807) is 46.4 Å². The summed E-state index contributed by atoms with van der Waals surface area (Å²) in [4.78, 5) is 38.6. The number of carbonyl (C=O) groups excluding carboxylic acids is 3. The summed E-state index contributed by atoms with van der Waals surface area (Å²) < 4.78 is 98.1. The number of rotatable bonds is 10. The van der Waals surface area contributed by atoms with E-state index < -0.39 is 76.5 Å². The number of likely N-dealkylation sites (tertiary alicyclic amines) is 1. The van der Waals surface area contributed by atoms with Crippen LogP contribution >= 0.6 is 0 Å². The Morgan fingerprint density at radius 2 is 1.07 bits per heavy atom. The fourth-order valence-corrected chi connectivity index (χ4v) is 7.04. The van der Waals surface area contributed by atoms with E-state index >= 15 is 0 Å². The molecule has 0 aromatic heterocycles. The largest absolute Gasteiger partial charge is 0.445 e. The molecule has 330 valence electrons. The van der Waals surface area contributed by atoms with Crippen molar-refractivity contribution in [1.29, 1.82) is 0 Å². The van der Waals surface area contributed by atoms with Crippen LogP contribution in [0.15, 0.2) is 54.6 Å². The highest BCUT2D eigenvalue weighted by Crippen LogP contribution is 2.27. The zero-order valence-electron chi connectivity index (χ0n) is 34.9. The summed E-state index contributed by atoms with van der Waals surface area (Å²) in [5.41, 5.74) is -0.525. The van der Waals surface area contributed by atoms with E-state index in [2.05, 4.69) is 16.0 Å². The number of halogens is 6. The monoisotopic (exact) mass is 850 g/mol. The van der Waals surface area contributed by atoms with Gasteiger partial charge in [0.25, 0.3) is 0 Å². The maximum atomic E-state index is 14.3. The molecule has 0 bridgehead atoms. The summed E-state index contributed by atoms with van der Waals surface area (Å²) >= 11 is 0. The van der Waals surface area contributed by atoms with E-state index in [9.17, 15) is 40.7 Å². The number of carbonyl (C=O) groups is 3. The second-order valence-electron chi connectivity index (χ2n) is 17.1. The lowest BCUT2D eigenvalue weighted by Gasteiger charge is -2.36. The molecule has 0 aliphatic carbocycles. The highest BCUT2D eigenvalue weighted by atomic mass is 19.2. The van der Waals surface area contributed by atoms with Crippen LogP contribution in [-0.2, 0) is 33.7 Å². The fourth-order valence-electron chi connectivity index (χ4n) is 7.04. The second-order valence-corrected chi connectivity index (χ2v) is 17.1. The van der Waals surface area contributed by atoms with E-state index in [-0.39, 0.29) is 42.4 Å². The quantitative estimate of drug-likeness (QED) is 0.106. The SMILES string of the molecule is CC(C)(C)OC(=O)N[C@H](Cc1cc(F)c(F)cc1F)C1CCN(C(=O)OCc2ccccc2)CC1.CC(C)(C)OC(=O)N[C@H](Cc1cc(F)c(F)cc1F)C1CCNCC1. The van der Waals surface area contributed by atoms with Gasteiger partial charge in [-0.15, -0.1) is 0 Å². The lowest BCUT2D eigenvalue weighted by molar-refractivity contribution is 0.0447. The summed E-state index contributed by atoms with van der Waals surface area (Å²) in [5.74, 6) is -6.50. The molecule has 2 heterocycles.